The number of aliphatic hydroxyl groups excluding tert-OH is 1. The van der Waals surface area contributed by atoms with Crippen LogP contribution in [-0.4, -0.2) is 47.7 Å². The van der Waals surface area contributed by atoms with E-state index in [-0.39, 0.29) is 18.1 Å². The van der Waals surface area contributed by atoms with E-state index in [1.807, 2.05) is 4.90 Å². The van der Waals surface area contributed by atoms with Crippen molar-refractivity contribution in [1.82, 2.24) is 10.2 Å². The van der Waals surface area contributed by atoms with Crippen molar-refractivity contribution in [2.24, 2.45) is 0 Å². The Balaban J connectivity index is 2.58. The van der Waals surface area contributed by atoms with E-state index < -0.39 is 0 Å². The summed E-state index contributed by atoms with van der Waals surface area (Å²) in [6.45, 7) is 5.85. The first-order valence-electron chi connectivity index (χ1n) is 4.19. The molecular weight excluding hydrogens is 156 g/mol. The zero-order chi connectivity index (χ0) is 9.19. The summed E-state index contributed by atoms with van der Waals surface area (Å²) in [7, 11) is 0. The second kappa shape index (κ2) is 3.41. The molecule has 1 fully saturated rings. The van der Waals surface area contributed by atoms with E-state index in [1.165, 1.54) is 0 Å². The maximum absolute atomic E-state index is 11.0. The molecule has 1 aliphatic heterocycles. The molecule has 4 nitrogen and oxygen atoms in total. The van der Waals surface area contributed by atoms with E-state index >= 15 is 0 Å². The Morgan fingerprint density at radius 3 is 2.92 bits per heavy atom. The number of piperazine rings is 1. The van der Waals surface area contributed by atoms with Gasteiger partial charge in [-0.1, -0.05) is 0 Å². The molecule has 0 unspecified atom stereocenters. The van der Waals surface area contributed by atoms with Crippen LogP contribution < -0.4 is 5.32 Å². The molecule has 1 rings (SSSR count). The maximum Gasteiger partial charge on any atom is 0.234 e. The summed E-state index contributed by atoms with van der Waals surface area (Å²) in [6.07, 6.45) is 0. The number of nitrogens with zero attached hydrogens (tertiary/aromatic N) is 1. The molecule has 0 aromatic carbocycles. The summed E-state index contributed by atoms with van der Waals surface area (Å²) >= 11 is 0. The molecule has 0 aliphatic carbocycles. The summed E-state index contributed by atoms with van der Waals surface area (Å²) in [5.74, 6) is 0.0442. The van der Waals surface area contributed by atoms with Crippen LogP contribution in [0.5, 0.6) is 0 Å². The third-order valence-electron chi connectivity index (χ3n) is 2.28. The lowest BCUT2D eigenvalue weighted by Gasteiger charge is -2.41. The molecule has 1 aliphatic rings. The molecule has 0 spiro atoms. The zero-order valence-electron chi connectivity index (χ0n) is 7.63. The molecule has 1 amide bonds. The second-order valence-electron chi connectivity index (χ2n) is 3.73. The molecule has 0 aromatic heterocycles. The number of aliphatic hydroxyl groups is 1. The average Bonchev–Trinajstić information content (AvgIpc) is 1.98. The van der Waals surface area contributed by atoms with Crippen molar-refractivity contribution in [2.75, 3.05) is 26.2 Å². The van der Waals surface area contributed by atoms with Gasteiger partial charge in [-0.05, 0) is 13.8 Å². The molecule has 0 radical (unpaired) electrons. The van der Waals surface area contributed by atoms with E-state index in [0.29, 0.717) is 19.6 Å². The molecule has 4 heteroatoms. The van der Waals surface area contributed by atoms with Crippen molar-refractivity contribution >= 4 is 5.91 Å². The monoisotopic (exact) mass is 172 g/mol. The van der Waals surface area contributed by atoms with Crippen LogP contribution in [-0.2, 0) is 4.79 Å². The van der Waals surface area contributed by atoms with Crippen LogP contribution in [0.4, 0.5) is 0 Å². The molecule has 0 saturated carbocycles. The summed E-state index contributed by atoms with van der Waals surface area (Å²) in [5.41, 5.74) is -0.0311. The highest BCUT2D eigenvalue weighted by molar-refractivity contribution is 5.79. The number of amides is 1. The van der Waals surface area contributed by atoms with Crippen LogP contribution in [0.15, 0.2) is 0 Å². The predicted molar refractivity (Wildman–Crippen MR) is 45.7 cm³/mol. The first-order valence-corrected chi connectivity index (χ1v) is 4.19. The lowest BCUT2D eigenvalue weighted by atomic mass is 10.0. The standard InChI is InChI=1S/C8H16N2O2/c1-8(2)6-9-7(12)5-10(8)3-4-11/h11H,3-6H2,1-2H3,(H,9,12). The van der Waals surface area contributed by atoms with E-state index in [0.717, 1.165) is 0 Å². The first-order chi connectivity index (χ1) is 5.56. The van der Waals surface area contributed by atoms with Gasteiger partial charge in [-0.25, -0.2) is 0 Å². The Labute approximate surface area is 72.6 Å². The Hall–Kier alpha value is -0.610. The van der Waals surface area contributed by atoms with Crippen molar-refractivity contribution in [3.63, 3.8) is 0 Å². The van der Waals surface area contributed by atoms with Gasteiger partial charge in [-0.3, -0.25) is 9.69 Å². The molecule has 1 saturated heterocycles. The third-order valence-corrected chi connectivity index (χ3v) is 2.28. The predicted octanol–water partition coefficient (Wildman–Crippen LogP) is -0.811. The molecule has 12 heavy (non-hydrogen) atoms. The Kier molecular flexibility index (Phi) is 2.69. The SMILES string of the molecule is CC1(C)CNC(=O)CN1CCO. The third kappa shape index (κ3) is 1.95. The Bertz CT molecular complexity index is 180. The molecule has 70 valence electrons. The molecule has 2 N–H and O–H groups in total. The number of carbonyl (C=O) groups excluding carboxylic acids is 1. The summed E-state index contributed by atoms with van der Waals surface area (Å²) in [4.78, 5) is 13.0. The largest absolute Gasteiger partial charge is 0.395 e. The fraction of sp³-hybridized carbons (Fsp3) is 0.875. The number of hydrogen-bond donors (Lipinski definition) is 2. The normalized spacial score (nSPS) is 23.8. The highest BCUT2D eigenvalue weighted by Crippen LogP contribution is 2.15. The van der Waals surface area contributed by atoms with Gasteiger partial charge in [0.25, 0.3) is 0 Å². The summed E-state index contributed by atoms with van der Waals surface area (Å²) < 4.78 is 0. The first kappa shape index (κ1) is 9.48. The topological polar surface area (TPSA) is 52.6 Å². The zero-order valence-corrected chi connectivity index (χ0v) is 7.63. The number of rotatable bonds is 2. The molecule has 0 atom stereocenters. The minimum Gasteiger partial charge on any atom is -0.395 e. The lowest BCUT2D eigenvalue weighted by Crippen LogP contribution is -2.60. The van der Waals surface area contributed by atoms with Crippen molar-refractivity contribution in [2.45, 2.75) is 19.4 Å². The maximum atomic E-state index is 11.0. The highest BCUT2D eigenvalue weighted by Gasteiger charge is 2.32. The van der Waals surface area contributed by atoms with Crippen LogP contribution in [0, 0.1) is 0 Å². The van der Waals surface area contributed by atoms with E-state index in [2.05, 4.69) is 19.2 Å². The van der Waals surface area contributed by atoms with Gasteiger partial charge in [0.2, 0.25) is 5.91 Å². The Morgan fingerprint density at radius 1 is 1.67 bits per heavy atom. The average molecular weight is 172 g/mol. The van der Waals surface area contributed by atoms with Crippen LogP contribution in [0.3, 0.4) is 0 Å². The van der Waals surface area contributed by atoms with Gasteiger partial charge >= 0.3 is 0 Å². The molecule has 0 bridgehead atoms. The lowest BCUT2D eigenvalue weighted by molar-refractivity contribution is -0.127. The number of hydrogen-bond acceptors (Lipinski definition) is 3. The fourth-order valence-corrected chi connectivity index (χ4v) is 1.37. The van der Waals surface area contributed by atoms with Crippen molar-refractivity contribution in [1.29, 1.82) is 0 Å². The van der Waals surface area contributed by atoms with E-state index in [1.54, 1.807) is 0 Å². The molecule has 0 aromatic rings. The smallest absolute Gasteiger partial charge is 0.234 e. The van der Waals surface area contributed by atoms with Crippen molar-refractivity contribution < 1.29 is 9.90 Å². The van der Waals surface area contributed by atoms with Gasteiger partial charge in [-0.15, -0.1) is 0 Å². The van der Waals surface area contributed by atoms with Crippen molar-refractivity contribution in [3.8, 4) is 0 Å². The highest BCUT2D eigenvalue weighted by atomic mass is 16.3. The van der Waals surface area contributed by atoms with Crippen LogP contribution in [0.1, 0.15) is 13.8 Å². The van der Waals surface area contributed by atoms with E-state index in [9.17, 15) is 4.79 Å². The quantitative estimate of drug-likeness (QED) is 0.573. The second-order valence-corrected chi connectivity index (χ2v) is 3.73. The van der Waals surface area contributed by atoms with Crippen LogP contribution in [0.2, 0.25) is 0 Å². The van der Waals surface area contributed by atoms with Gasteiger partial charge in [0.1, 0.15) is 0 Å². The number of carbonyl (C=O) groups is 1. The number of nitrogens with one attached hydrogen (secondary N) is 1. The summed E-state index contributed by atoms with van der Waals surface area (Å²) in [6, 6.07) is 0. The van der Waals surface area contributed by atoms with Gasteiger partial charge in [0, 0.05) is 18.6 Å². The summed E-state index contributed by atoms with van der Waals surface area (Å²) in [5, 5.41) is 11.6. The van der Waals surface area contributed by atoms with Crippen LogP contribution >= 0.6 is 0 Å². The van der Waals surface area contributed by atoms with Gasteiger partial charge in [-0.2, -0.15) is 0 Å². The van der Waals surface area contributed by atoms with Crippen molar-refractivity contribution in [3.05, 3.63) is 0 Å². The number of β-amino-alcohol motifs (C(OH)–C–C–N with tert-alkyl or cyclic N) is 1. The van der Waals surface area contributed by atoms with Gasteiger partial charge in [0.15, 0.2) is 0 Å². The molecular formula is C8H16N2O2. The minimum atomic E-state index is -0.0311. The Morgan fingerprint density at radius 2 is 2.33 bits per heavy atom. The van der Waals surface area contributed by atoms with Crippen LogP contribution in [0.25, 0.3) is 0 Å². The van der Waals surface area contributed by atoms with Gasteiger partial charge in [0.05, 0.1) is 13.2 Å². The van der Waals surface area contributed by atoms with Gasteiger partial charge < -0.3 is 10.4 Å². The minimum absolute atomic E-state index is 0.0311. The fourth-order valence-electron chi connectivity index (χ4n) is 1.37. The van der Waals surface area contributed by atoms with E-state index in [4.69, 9.17) is 5.11 Å². The molecule has 1 heterocycles.